The predicted octanol–water partition coefficient (Wildman–Crippen LogP) is 2.03. The number of rotatable bonds is 10. The van der Waals surface area contributed by atoms with Crippen molar-refractivity contribution in [2.75, 3.05) is 34.4 Å². The molecule has 7 nitrogen and oxygen atoms in total. The van der Waals surface area contributed by atoms with E-state index in [9.17, 15) is 13.2 Å². The summed E-state index contributed by atoms with van der Waals surface area (Å²) in [6.45, 7) is 2.63. The molecule has 2 atom stereocenters. The van der Waals surface area contributed by atoms with Gasteiger partial charge in [0.05, 0.1) is 17.5 Å². The molecule has 29 heavy (non-hydrogen) atoms. The maximum atomic E-state index is 12.7. The van der Waals surface area contributed by atoms with Gasteiger partial charge in [0.15, 0.2) is 0 Å². The first-order valence-corrected chi connectivity index (χ1v) is 10.8. The van der Waals surface area contributed by atoms with Gasteiger partial charge in [-0.2, -0.15) is 0 Å². The molecular weight excluding hydrogens is 390 g/mol. The molecule has 0 aliphatic heterocycles. The lowest BCUT2D eigenvalue weighted by Crippen LogP contribution is -2.36. The number of carbonyl (C=O) groups excluding carboxylic acids is 1. The summed E-state index contributed by atoms with van der Waals surface area (Å²) in [5, 5.41) is 3.03. The van der Waals surface area contributed by atoms with Crippen LogP contribution in [0.15, 0.2) is 59.5 Å². The second-order valence-corrected chi connectivity index (χ2v) is 8.92. The minimum atomic E-state index is -3.67. The standard InChI is InChI=1S/C21H29N3O4S/c1-16(15-28-4)23-29(26,27)19-12-10-18(11-13-19)21(25)22-20(14-24(2)3)17-8-6-5-7-9-17/h5-13,16,20,23H,14-15H2,1-4H3,(H,22,25)/t16-,20-/m0/s1. The molecule has 0 aliphatic rings. The van der Waals surface area contributed by atoms with Gasteiger partial charge < -0.3 is 15.0 Å². The van der Waals surface area contributed by atoms with Crippen LogP contribution in [0.1, 0.15) is 28.9 Å². The number of nitrogens with zero attached hydrogens (tertiary/aromatic N) is 1. The molecule has 2 rings (SSSR count). The average molecular weight is 420 g/mol. The number of nitrogens with one attached hydrogen (secondary N) is 2. The maximum absolute atomic E-state index is 12.7. The fraction of sp³-hybridized carbons (Fsp3) is 0.381. The Morgan fingerprint density at radius 1 is 1.07 bits per heavy atom. The Hall–Kier alpha value is -2.26. The molecule has 2 aromatic rings. The van der Waals surface area contributed by atoms with Crippen LogP contribution < -0.4 is 10.0 Å². The first-order valence-electron chi connectivity index (χ1n) is 9.35. The number of ether oxygens (including phenoxy) is 1. The van der Waals surface area contributed by atoms with Crippen molar-refractivity contribution in [1.82, 2.24) is 14.9 Å². The normalized spacial score (nSPS) is 13.8. The van der Waals surface area contributed by atoms with Crippen molar-refractivity contribution in [3.8, 4) is 0 Å². The first-order chi connectivity index (χ1) is 13.7. The van der Waals surface area contributed by atoms with E-state index in [1.165, 1.54) is 31.4 Å². The Kier molecular flexibility index (Phi) is 8.33. The molecule has 0 saturated heterocycles. The zero-order valence-electron chi connectivity index (χ0n) is 17.3. The Morgan fingerprint density at radius 2 is 1.69 bits per heavy atom. The van der Waals surface area contributed by atoms with Gasteiger partial charge in [0.2, 0.25) is 10.0 Å². The van der Waals surface area contributed by atoms with Crippen LogP contribution in [0.4, 0.5) is 0 Å². The Labute approximate surface area is 173 Å². The lowest BCUT2D eigenvalue weighted by molar-refractivity contribution is 0.0930. The fourth-order valence-electron chi connectivity index (χ4n) is 2.93. The van der Waals surface area contributed by atoms with Crippen LogP contribution in [0, 0.1) is 0 Å². The minimum Gasteiger partial charge on any atom is -0.383 e. The molecule has 0 bridgehead atoms. The highest BCUT2D eigenvalue weighted by Crippen LogP contribution is 2.16. The van der Waals surface area contributed by atoms with Gasteiger partial charge in [-0.15, -0.1) is 0 Å². The van der Waals surface area contributed by atoms with E-state index in [1.807, 2.05) is 49.3 Å². The monoisotopic (exact) mass is 419 g/mol. The van der Waals surface area contributed by atoms with Gasteiger partial charge in [-0.3, -0.25) is 4.79 Å². The van der Waals surface area contributed by atoms with Crippen molar-refractivity contribution in [3.05, 3.63) is 65.7 Å². The molecule has 0 radical (unpaired) electrons. The van der Waals surface area contributed by atoms with Gasteiger partial charge in [0.25, 0.3) is 5.91 Å². The summed E-state index contributed by atoms with van der Waals surface area (Å²) in [6, 6.07) is 15.1. The number of sulfonamides is 1. The number of amides is 1. The highest BCUT2D eigenvalue weighted by Gasteiger charge is 2.19. The van der Waals surface area contributed by atoms with Gasteiger partial charge in [-0.1, -0.05) is 30.3 Å². The van der Waals surface area contributed by atoms with Gasteiger partial charge in [0, 0.05) is 25.3 Å². The molecule has 2 N–H and O–H groups in total. The van der Waals surface area contributed by atoms with Crippen molar-refractivity contribution in [2.45, 2.75) is 23.9 Å². The molecule has 8 heteroatoms. The zero-order chi connectivity index (χ0) is 21.4. The van der Waals surface area contributed by atoms with E-state index in [2.05, 4.69) is 10.0 Å². The highest BCUT2D eigenvalue weighted by molar-refractivity contribution is 7.89. The molecule has 2 aromatic carbocycles. The molecule has 0 aliphatic carbocycles. The van der Waals surface area contributed by atoms with E-state index in [4.69, 9.17) is 4.74 Å². The first kappa shape index (κ1) is 23.0. The highest BCUT2D eigenvalue weighted by atomic mass is 32.2. The summed E-state index contributed by atoms with van der Waals surface area (Å²) in [5.74, 6) is -0.259. The molecular formula is C21H29N3O4S. The molecule has 0 fully saturated rings. The van der Waals surface area contributed by atoms with Gasteiger partial charge in [0.1, 0.15) is 0 Å². The van der Waals surface area contributed by atoms with Crippen LogP contribution in [0.25, 0.3) is 0 Å². The summed E-state index contributed by atoms with van der Waals surface area (Å²) in [6.07, 6.45) is 0. The quantitative estimate of drug-likeness (QED) is 0.615. The predicted molar refractivity (Wildman–Crippen MR) is 113 cm³/mol. The Balaban J connectivity index is 2.12. The van der Waals surface area contributed by atoms with Crippen LogP contribution in [0.3, 0.4) is 0 Å². The molecule has 0 spiro atoms. The lowest BCUT2D eigenvalue weighted by Gasteiger charge is -2.23. The number of likely N-dealkylation sites (N-methyl/N-ethyl adjacent to an activating group) is 1. The van der Waals surface area contributed by atoms with E-state index in [0.29, 0.717) is 12.1 Å². The molecule has 0 unspecified atom stereocenters. The van der Waals surface area contributed by atoms with Crippen molar-refractivity contribution in [2.24, 2.45) is 0 Å². The average Bonchev–Trinajstić information content (AvgIpc) is 2.67. The molecule has 0 heterocycles. The Bertz CT molecular complexity index is 884. The summed E-state index contributed by atoms with van der Waals surface area (Å²) >= 11 is 0. The maximum Gasteiger partial charge on any atom is 0.251 e. The molecule has 158 valence electrons. The van der Waals surface area contributed by atoms with E-state index < -0.39 is 10.0 Å². The second kappa shape index (κ2) is 10.5. The van der Waals surface area contributed by atoms with E-state index in [0.717, 1.165) is 5.56 Å². The SMILES string of the molecule is COC[C@H](C)NS(=O)(=O)c1ccc(C(=O)N[C@@H](CN(C)C)c2ccccc2)cc1. The minimum absolute atomic E-state index is 0.102. The summed E-state index contributed by atoms with van der Waals surface area (Å²) in [5.41, 5.74) is 1.40. The van der Waals surface area contributed by atoms with Crippen LogP contribution in [-0.2, 0) is 14.8 Å². The third-order valence-electron chi connectivity index (χ3n) is 4.25. The largest absolute Gasteiger partial charge is 0.383 e. The third-order valence-corrected chi connectivity index (χ3v) is 5.86. The van der Waals surface area contributed by atoms with Crippen LogP contribution in [0.2, 0.25) is 0 Å². The van der Waals surface area contributed by atoms with Crippen molar-refractivity contribution in [1.29, 1.82) is 0 Å². The molecule has 1 amide bonds. The smallest absolute Gasteiger partial charge is 0.251 e. The van der Waals surface area contributed by atoms with E-state index >= 15 is 0 Å². The summed E-state index contributed by atoms with van der Waals surface area (Å²) < 4.78 is 32.3. The summed E-state index contributed by atoms with van der Waals surface area (Å²) in [4.78, 5) is 14.8. The van der Waals surface area contributed by atoms with Gasteiger partial charge in [-0.05, 0) is 50.8 Å². The lowest BCUT2D eigenvalue weighted by atomic mass is 10.1. The number of methoxy groups -OCH3 is 1. The van der Waals surface area contributed by atoms with Crippen molar-refractivity contribution in [3.63, 3.8) is 0 Å². The number of carbonyl (C=O) groups is 1. The van der Waals surface area contributed by atoms with Crippen LogP contribution in [-0.4, -0.2) is 59.6 Å². The van der Waals surface area contributed by atoms with Gasteiger partial charge >= 0.3 is 0 Å². The number of hydrogen-bond donors (Lipinski definition) is 2. The molecule has 0 aromatic heterocycles. The topological polar surface area (TPSA) is 87.7 Å². The fourth-order valence-corrected chi connectivity index (χ4v) is 4.16. The molecule has 0 saturated carbocycles. The Morgan fingerprint density at radius 3 is 2.24 bits per heavy atom. The zero-order valence-corrected chi connectivity index (χ0v) is 18.1. The van der Waals surface area contributed by atoms with E-state index in [-0.39, 0.29) is 29.5 Å². The van der Waals surface area contributed by atoms with Crippen molar-refractivity contribution >= 4 is 15.9 Å². The summed E-state index contributed by atoms with van der Waals surface area (Å²) in [7, 11) is 1.72. The van der Waals surface area contributed by atoms with Crippen LogP contribution in [0.5, 0.6) is 0 Å². The number of hydrogen-bond acceptors (Lipinski definition) is 5. The van der Waals surface area contributed by atoms with E-state index in [1.54, 1.807) is 6.92 Å². The van der Waals surface area contributed by atoms with Crippen LogP contribution >= 0.6 is 0 Å². The number of benzene rings is 2. The second-order valence-electron chi connectivity index (χ2n) is 7.20. The third kappa shape index (κ3) is 6.93. The van der Waals surface area contributed by atoms with Gasteiger partial charge in [-0.25, -0.2) is 13.1 Å². The van der Waals surface area contributed by atoms with Crippen molar-refractivity contribution < 1.29 is 17.9 Å².